The topological polar surface area (TPSA) is 141 Å². The van der Waals surface area contributed by atoms with Crippen LogP contribution in [0.1, 0.15) is 54.5 Å². The van der Waals surface area contributed by atoms with Crippen LogP contribution in [0.25, 0.3) is 16.8 Å². The van der Waals surface area contributed by atoms with Crippen molar-refractivity contribution in [2.45, 2.75) is 39.0 Å². The maximum absolute atomic E-state index is 15.6. The van der Waals surface area contributed by atoms with E-state index in [-0.39, 0.29) is 28.8 Å². The zero-order valence-electron chi connectivity index (χ0n) is 22.9. The summed E-state index contributed by atoms with van der Waals surface area (Å²) in [5.74, 6) is 0.133. The molecule has 212 valence electrons. The van der Waals surface area contributed by atoms with Crippen LogP contribution in [0, 0.1) is 11.2 Å². The standard InChI is InChI=1S/C29H31FN8O3/c1-3-19-12-22(34-16-33-19)35-27(39)17-6-7-20(21(30)11-17)23-24-25(31)32-8-10-38(24)26(36-23)18-5-4-9-37(13-18)28(40)29(2)14-41-15-29/h6-8,10-12,16,18H,3-5,9,13-15H2,1-2H3,(H2,31,32)(H,33,34,35,39)/t18-/m1/s1. The van der Waals surface area contributed by atoms with Gasteiger partial charge in [-0.1, -0.05) is 6.92 Å². The Balaban J connectivity index is 1.31. The number of halogens is 1. The molecular weight excluding hydrogens is 527 g/mol. The molecular formula is C29H31FN8O3. The second-order valence-electron chi connectivity index (χ2n) is 10.9. The first-order valence-corrected chi connectivity index (χ1v) is 13.7. The molecule has 5 heterocycles. The number of rotatable bonds is 6. The molecule has 3 N–H and O–H groups in total. The molecule has 0 bridgehead atoms. The van der Waals surface area contributed by atoms with E-state index in [0.717, 1.165) is 18.5 Å². The molecule has 2 saturated heterocycles. The number of anilines is 2. The van der Waals surface area contributed by atoms with Gasteiger partial charge in [-0.3, -0.25) is 14.0 Å². The summed E-state index contributed by atoms with van der Waals surface area (Å²) < 4.78 is 22.8. The van der Waals surface area contributed by atoms with Crippen LogP contribution in [-0.4, -0.2) is 67.4 Å². The minimum absolute atomic E-state index is 0.0747. The Labute approximate surface area is 236 Å². The number of benzene rings is 1. The number of imidazole rings is 1. The van der Waals surface area contributed by atoms with Gasteiger partial charge in [0.15, 0.2) is 0 Å². The quantitative estimate of drug-likeness (QED) is 0.367. The van der Waals surface area contributed by atoms with Crippen molar-refractivity contribution in [3.63, 3.8) is 0 Å². The molecule has 0 aliphatic carbocycles. The number of carbonyl (C=O) groups is 2. The first-order chi connectivity index (χ1) is 19.8. The van der Waals surface area contributed by atoms with E-state index in [4.69, 9.17) is 15.5 Å². The number of ether oxygens (including phenoxy) is 1. The van der Waals surface area contributed by atoms with Crippen molar-refractivity contribution >= 4 is 29.0 Å². The molecule has 11 nitrogen and oxygen atoms in total. The predicted octanol–water partition coefficient (Wildman–Crippen LogP) is 3.46. The number of nitrogens with one attached hydrogen (secondary N) is 1. The van der Waals surface area contributed by atoms with Gasteiger partial charge in [0.05, 0.1) is 18.6 Å². The third-order valence-electron chi connectivity index (χ3n) is 7.86. The van der Waals surface area contributed by atoms with Gasteiger partial charge >= 0.3 is 0 Å². The maximum Gasteiger partial charge on any atom is 0.256 e. The second kappa shape index (κ2) is 10.5. The molecule has 6 rings (SSSR count). The van der Waals surface area contributed by atoms with Crippen LogP contribution >= 0.6 is 0 Å². The molecule has 4 aromatic rings. The number of nitrogen functional groups attached to an aromatic ring is 1. The number of hydrogen-bond donors (Lipinski definition) is 2. The number of fused-ring (bicyclic) bond motifs is 1. The van der Waals surface area contributed by atoms with Gasteiger partial charge < -0.3 is 20.7 Å². The van der Waals surface area contributed by atoms with E-state index in [9.17, 15) is 9.59 Å². The number of piperidine rings is 1. The smallest absolute Gasteiger partial charge is 0.256 e. The zero-order valence-corrected chi connectivity index (χ0v) is 22.9. The largest absolute Gasteiger partial charge is 0.382 e. The molecule has 1 atom stereocenters. The van der Waals surface area contributed by atoms with E-state index < -0.39 is 17.1 Å². The molecule has 2 fully saturated rings. The number of nitrogens with zero attached hydrogens (tertiary/aromatic N) is 6. The van der Waals surface area contributed by atoms with Crippen LogP contribution in [0.4, 0.5) is 16.0 Å². The van der Waals surface area contributed by atoms with Crippen LogP contribution in [0.2, 0.25) is 0 Å². The van der Waals surface area contributed by atoms with Gasteiger partial charge in [-0.25, -0.2) is 24.3 Å². The lowest BCUT2D eigenvalue weighted by molar-refractivity contribution is -0.169. The first-order valence-electron chi connectivity index (χ1n) is 13.7. The number of hydrogen-bond acceptors (Lipinski definition) is 8. The fraction of sp³-hybridized carbons (Fsp3) is 0.379. The third-order valence-corrected chi connectivity index (χ3v) is 7.86. The molecule has 2 aliphatic heterocycles. The van der Waals surface area contributed by atoms with E-state index in [2.05, 4.69) is 20.3 Å². The third kappa shape index (κ3) is 4.88. The maximum atomic E-state index is 15.6. The van der Waals surface area contributed by atoms with E-state index in [1.54, 1.807) is 18.5 Å². The van der Waals surface area contributed by atoms with E-state index >= 15 is 4.39 Å². The lowest BCUT2D eigenvalue weighted by Gasteiger charge is -2.42. The highest BCUT2D eigenvalue weighted by Crippen LogP contribution is 2.37. The fourth-order valence-electron chi connectivity index (χ4n) is 5.54. The Kier molecular flexibility index (Phi) is 6.86. The van der Waals surface area contributed by atoms with E-state index in [0.29, 0.717) is 55.6 Å². The van der Waals surface area contributed by atoms with E-state index in [1.165, 1.54) is 24.5 Å². The highest BCUT2D eigenvalue weighted by atomic mass is 19.1. The average Bonchev–Trinajstić information content (AvgIpc) is 3.36. The van der Waals surface area contributed by atoms with Crippen LogP contribution in [0.15, 0.2) is 43.0 Å². The minimum atomic E-state index is -0.622. The van der Waals surface area contributed by atoms with Crippen molar-refractivity contribution in [2.75, 3.05) is 37.4 Å². The minimum Gasteiger partial charge on any atom is -0.382 e. The molecule has 0 unspecified atom stereocenters. The summed E-state index contributed by atoms with van der Waals surface area (Å²) in [7, 11) is 0. The molecule has 12 heteroatoms. The van der Waals surface area contributed by atoms with Crippen molar-refractivity contribution in [3.8, 4) is 11.3 Å². The first kappa shape index (κ1) is 26.8. The van der Waals surface area contributed by atoms with Crippen molar-refractivity contribution in [2.24, 2.45) is 5.41 Å². The SMILES string of the molecule is CCc1cc(NC(=O)c2ccc(-c3nc([C@@H]4CCCN(C(=O)C5(C)COC5)C4)n4ccnc(N)c34)c(F)c2)ncn1. The summed E-state index contributed by atoms with van der Waals surface area (Å²) in [6.07, 6.45) is 7.05. The Morgan fingerprint density at radius 2 is 2.05 bits per heavy atom. The van der Waals surface area contributed by atoms with Crippen LogP contribution in [-0.2, 0) is 16.0 Å². The van der Waals surface area contributed by atoms with Crippen molar-refractivity contribution in [3.05, 3.63) is 65.9 Å². The predicted molar refractivity (Wildman–Crippen MR) is 150 cm³/mol. The van der Waals surface area contributed by atoms with Crippen LogP contribution in [0.5, 0.6) is 0 Å². The highest BCUT2D eigenvalue weighted by molar-refractivity contribution is 6.04. The molecule has 2 amide bonds. The average molecular weight is 559 g/mol. The van der Waals surface area contributed by atoms with Gasteiger partial charge in [0.1, 0.15) is 40.8 Å². The number of likely N-dealkylation sites (tertiary alicyclic amines) is 1. The number of amides is 2. The van der Waals surface area contributed by atoms with Crippen molar-refractivity contribution in [1.29, 1.82) is 0 Å². The van der Waals surface area contributed by atoms with Gasteiger partial charge in [-0.05, 0) is 44.4 Å². The Morgan fingerprint density at radius 3 is 2.78 bits per heavy atom. The van der Waals surface area contributed by atoms with Gasteiger partial charge in [0.2, 0.25) is 5.91 Å². The number of carbonyl (C=O) groups excluding carboxylic acids is 2. The monoisotopic (exact) mass is 558 g/mol. The molecule has 2 aliphatic rings. The van der Waals surface area contributed by atoms with Crippen LogP contribution < -0.4 is 11.1 Å². The fourth-order valence-corrected chi connectivity index (χ4v) is 5.54. The van der Waals surface area contributed by atoms with Gasteiger partial charge in [-0.15, -0.1) is 0 Å². The molecule has 0 radical (unpaired) electrons. The van der Waals surface area contributed by atoms with Gasteiger partial charge in [0, 0.05) is 54.3 Å². The van der Waals surface area contributed by atoms with Crippen molar-refractivity contribution < 1.29 is 18.7 Å². The molecule has 1 aromatic carbocycles. The summed E-state index contributed by atoms with van der Waals surface area (Å²) in [4.78, 5) is 45.2. The number of aromatic nitrogens is 5. The van der Waals surface area contributed by atoms with Crippen LogP contribution in [0.3, 0.4) is 0 Å². The summed E-state index contributed by atoms with van der Waals surface area (Å²) in [5, 5.41) is 2.69. The highest BCUT2D eigenvalue weighted by Gasteiger charge is 2.44. The summed E-state index contributed by atoms with van der Waals surface area (Å²) in [6, 6.07) is 5.91. The van der Waals surface area contributed by atoms with Gasteiger partial charge in [-0.2, -0.15) is 0 Å². The lowest BCUT2D eigenvalue weighted by Crippen LogP contribution is -2.55. The second-order valence-corrected chi connectivity index (χ2v) is 10.9. The molecule has 41 heavy (non-hydrogen) atoms. The van der Waals surface area contributed by atoms with Crippen molar-refractivity contribution in [1.82, 2.24) is 29.2 Å². The summed E-state index contributed by atoms with van der Waals surface area (Å²) in [5.41, 5.74) is 7.72. The van der Waals surface area contributed by atoms with E-state index in [1.807, 2.05) is 23.1 Å². The summed E-state index contributed by atoms with van der Waals surface area (Å²) in [6.45, 7) is 5.91. The normalized spacial score (nSPS) is 18.2. The number of nitrogens with two attached hydrogens (primary N) is 1. The summed E-state index contributed by atoms with van der Waals surface area (Å²) >= 11 is 0. The molecule has 3 aromatic heterocycles. The molecule has 0 spiro atoms. The Bertz CT molecular complexity index is 1650. The Hall–Kier alpha value is -4.45. The Morgan fingerprint density at radius 1 is 1.22 bits per heavy atom. The lowest BCUT2D eigenvalue weighted by atomic mass is 9.85. The zero-order chi connectivity index (χ0) is 28.7. The molecule has 0 saturated carbocycles. The number of aryl methyl sites for hydroxylation is 1. The van der Waals surface area contributed by atoms with Gasteiger partial charge in [0.25, 0.3) is 5.91 Å².